The standard InChI is InChI=1S/C12H15F3N2O2S2/c1-2-17(8-12(13,14)15)21(18,19)10-5-3-9(4-6-10)7-11(16)20/h3-6H,2,7-8H2,1H3,(H2,16,20). The van der Waals surface area contributed by atoms with E-state index in [1.54, 1.807) is 0 Å². The van der Waals surface area contributed by atoms with Crippen LogP contribution in [-0.2, 0) is 16.4 Å². The fourth-order valence-corrected chi connectivity index (χ4v) is 3.30. The maximum absolute atomic E-state index is 12.4. The molecule has 0 heterocycles. The van der Waals surface area contributed by atoms with Crippen molar-refractivity contribution in [1.29, 1.82) is 0 Å². The van der Waals surface area contributed by atoms with Crippen molar-refractivity contribution in [3.8, 4) is 0 Å². The van der Waals surface area contributed by atoms with Crippen molar-refractivity contribution in [2.75, 3.05) is 13.1 Å². The Morgan fingerprint density at radius 2 is 1.81 bits per heavy atom. The van der Waals surface area contributed by atoms with E-state index < -0.39 is 22.7 Å². The van der Waals surface area contributed by atoms with Crippen LogP contribution in [0.25, 0.3) is 0 Å². The zero-order valence-corrected chi connectivity index (χ0v) is 12.9. The van der Waals surface area contributed by atoms with Crippen molar-refractivity contribution in [3.63, 3.8) is 0 Å². The minimum Gasteiger partial charge on any atom is -0.393 e. The number of halogens is 3. The van der Waals surface area contributed by atoms with Gasteiger partial charge >= 0.3 is 6.18 Å². The highest BCUT2D eigenvalue weighted by Crippen LogP contribution is 2.22. The van der Waals surface area contributed by atoms with Gasteiger partial charge in [-0.15, -0.1) is 0 Å². The average molecular weight is 340 g/mol. The van der Waals surface area contributed by atoms with Crippen LogP contribution in [0.3, 0.4) is 0 Å². The molecule has 0 spiro atoms. The topological polar surface area (TPSA) is 63.4 Å². The second-order valence-corrected chi connectivity index (χ2v) is 6.80. The lowest BCUT2D eigenvalue weighted by atomic mass is 10.1. The molecular weight excluding hydrogens is 325 g/mol. The third kappa shape index (κ3) is 5.25. The van der Waals surface area contributed by atoms with Gasteiger partial charge in [0.15, 0.2) is 0 Å². The Morgan fingerprint density at radius 3 is 2.19 bits per heavy atom. The first-order chi connectivity index (χ1) is 9.56. The van der Waals surface area contributed by atoms with Gasteiger partial charge in [0.1, 0.15) is 6.54 Å². The third-order valence-electron chi connectivity index (χ3n) is 2.65. The minimum absolute atomic E-state index is 0.194. The Kier molecular flexibility index (Phi) is 5.71. The summed E-state index contributed by atoms with van der Waals surface area (Å²) in [5, 5.41) is 0. The number of alkyl halides is 3. The first kappa shape index (κ1) is 17.9. The summed E-state index contributed by atoms with van der Waals surface area (Å²) in [6.07, 6.45) is -4.29. The predicted octanol–water partition coefficient (Wildman–Crippen LogP) is 2.09. The van der Waals surface area contributed by atoms with Crippen LogP contribution in [0.1, 0.15) is 12.5 Å². The van der Waals surface area contributed by atoms with E-state index in [0.717, 1.165) is 0 Å². The summed E-state index contributed by atoms with van der Waals surface area (Å²) in [7, 11) is -4.18. The van der Waals surface area contributed by atoms with Gasteiger partial charge < -0.3 is 5.73 Å². The average Bonchev–Trinajstić information content (AvgIpc) is 2.34. The summed E-state index contributed by atoms with van der Waals surface area (Å²) in [6, 6.07) is 5.46. The first-order valence-electron chi connectivity index (χ1n) is 6.00. The smallest absolute Gasteiger partial charge is 0.393 e. The number of nitrogens with zero attached hydrogens (tertiary/aromatic N) is 1. The number of nitrogens with two attached hydrogens (primary N) is 1. The Morgan fingerprint density at radius 1 is 1.29 bits per heavy atom. The molecule has 0 amide bonds. The number of rotatable bonds is 6. The quantitative estimate of drug-likeness (QED) is 0.806. The molecule has 0 fully saturated rings. The molecule has 1 rings (SSSR count). The zero-order chi connectivity index (χ0) is 16.3. The first-order valence-corrected chi connectivity index (χ1v) is 7.85. The van der Waals surface area contributed by atoms with Crippen LogP contribution in [0.2, 0.25) is 0 Å². The van der Waals surface area contributed by atoms with Crippen molar-refractivity contribution in [2.45, 2.75) is 24.4 Å². The molecule has 0 aliphatic carbocycles. The predicted molar refractivity (Wildman–Crippen MR) is 77.4 cm³/mol. The van der Waals surface area contributed by atoms with Gasteiger partial charge in [-0.3, -0.25) is 0 Å². The van der Waals surface area contributed by atoms with E-state index >= 15 is 0 Å². The highest BCUT2D eigenvalue weighted by atomic mass is 32.2. The second-order valence-electron chi connectivity index (χ2n) is 4.33. The minimum atomic E-state index is -4.59. The fraction of sp³-hybridized carbons (Fsp3) is 0.417. The van der Waals surface area contributed by atoms with Gasteiger partial charge in [0.25, 0.3) is 0 Å². The van der Waals surface area contributed by atoms with Crippen molar-refractivity contribution >= 4 is 27.2 Å². The normalized spacial score (nSPS) is 12.6. The molecule has 9 heteroatoms. The maximum Gasteiger partial charge on any atom is 0.402 e. The summed E-state index contributed by atoms with van der Waals surface area (Å²) in [5.74, 6) is 0. The van der Waals surface area contributed by atoms with Crippen LogP contribution in [0.5, 0.6) is 0 Å². The zero-order valence-electron chi connectivity index (χ0n) is 11.2. The lowest BCUT2D eigenvalue weighted by Crippen LogP contribution is -2.38. The molecule has 4 nitrogen and oxygen atoms in total. The number of hydrogen-bond donors (Lipinski definition) is 1. The van der Waals surface area contributed by atoms with Gasteiger partial charge in [0.2, 0.25) is 10.0 Å². The van der Waals surface area contributed by atoms with E-state index in [9.17, 15) is 21.6 Å². The number of thiocarbonyl (C=S) groups is 1. The van der Waals surface area contributed by atoms with Crippen LogP contribution < -0.4 is 5.73 Å². The maximum atomic E-state index is 12.4. The van der Waals surface area contributed by atoms with Crippen LogP contribution in [0.4, 0.5) is 13.2 Å². The van der Waals surface area contributed by atoms with Gasteiger partial charge in [0, 0.05) is 13.0 Å². The highest BCUT2D eigenvalue weighted by Gasteiger charge is 2.36. The van der Waals surface area contributed by atoms with Crippen molar-refractivity contribution in [3.05, 3.63) is 29.8 Å². The largest absolute Gasteiger partial charge is 0.402 e. The molecule has 0 radical (unpaired) electrons. The third-order valence-corrected chi connectivity index (χ3v) is 4.73. The van der Waals surface area contributed by atoms with Gasteiger partial charge in [0.05, 0.1) is 9.88 Å². The van der Waals surface area contributed by atoms with Crippen LogP contribution in [-0.4, -0.2) is 37.0 Å². The van der Waals surface area contributed by atoms with E-state index in [1.807, 2.05) is 0 Å². The lowest BCUT2D eigenvalue weighted by Gasteiger charge is -2.21. The molecule has 1 aromatic carbocycles. The van der Waals surface area contributed by atoms with E-state index in [-0.39, 0.29) is 16.4 Å². The van der Waals surface area contributed by atoms with Crippen molar-refractivity contribution < 1.29 is 21.6 Å². The Labute approximate surface area is 126 Å². The molecule has 118 valence electrons. The molecule has 21 heavy (non-hydrogen) atoms. The van der Waals surface area contributed by atoms with Crippen LogP contribution >= 0.6 is 12.2 Å². The lowest BCUT2D eigenvalue weighted by molar-refractivity contribution is -0.135. The van der Waals surface area contributed by atoms with Gasteiger partial charge in [-0.05, 0) is 17.7 Å². The Bertz CT molecular complexity index is 598. The molecule has 0 saturated heterocycles. The fourth-order valence-electron chi connectivity index (χ4n) is 1.70. The summed E-state index contributed by atoms with van der Waals surface area (Å²) in [5.41, 5.74) is 6.06. The molecule has 0 atom stereocenters. The molecule has 0 aliphatic rings. The summed E-state index contributed by atoms with van der Waals surface area (Å²) >= 11 is 4.73. The van der Waals surface area contributed by atoms with Crippen molar-refractivity contribution in [1.82, 2.24) is 4.31 Å². The Hall–Kier alpha value is -1.19. The van der Waals surface area contributed by atoms with Crippen LogP contribution in [0.15, 0.2) is 29.2 Å². The van der Waals surface area contributed by atoms with Crippen molar-refractivity contribution in [2.24, 2.45) is 5.73 Å². The number of hydrogen-bond acceptors (Lipinski definition) is 3. The van der Waals surface area contributed by atoms with E-state index in [4.69, 9.17) is 18.0 Å². The van der Waals surface area contributed by atoms with E-state index in [1.165, 1.54) is 31.2 Å². The molecule has 1 aromatic rings. The molecule has 0 aliphatic heterocycles. The summed E-state index contributed by atoms with van der Waals surface area (Å²) in [4.78, 5) is 0.0538. The summed E-state index contributed by atoms with van der Waals surface area (Å²) < 4.78 is 61.9. The van der Waals surface area contributed by atoms with Gasteiger partial charge in [-0.1, -0.05) is 31.3 Å². The van der Waals surface area contributed by atoms with Gasteiger partial charge in [-0.2, -0.15) is 17.5 Å². The number of sulfonamides is 1. The van der Waals surface area contributed by atoms with E-state index in [0.29, 0.717) is 16.3 Å². The monoisotopic (exact) mass is 340 g/mol. The van der Waals surface area contributed by atoms with Gasteiger partial charge in [-0.25, -0.2) is 8.42 Å². The second kappa shape index (κ2) is 6.71. The molecule has 2 N–H and O–H groups in total. The van der Waals surface area contributed by atoms with Crippen LogP contribution in [0, 0.1) is 0 Å². The molecule has 0 bridgehead atoms. The summed E-state index contributed by atoms with van der Waals surface area (Å²) in [6.45, 7) is -0.429. The molecule has 0 unspecified atom stereocenters. The molecular formula is C12H15F3N2O2S2. The Balaban J connectivity index is 3.03. The molecule has 0 saturated carbocycles. The number of benzene rings is 1. The highest BCUT2D eigenvalue weighted by molar-refractivity contribution is 7.89. The SMILES string of the molecule is CCN(CC(F)(F)F)S(=O)(=O)c1ccc(CC(N)=S)cc1. The molecule has 0 aromatic heterocycles. The van der Waals surface area contributed by atoms with E-state index in [2.05, 4.69) is 0 Å².